The Morgan fingerprint density at radius 1 is 1.10 bits per heavy atom. The zero-order chi connectivity index (χ0) is 15.2. The van der Waals surface area contributed by atoms with E-state index in [2.05, 4.69) is 6.58 Å². The Kier molecular flexibility index (Phi) is 11.0. The van der Waals surface area contributed by atoms with Crippen molar-refractivity contribution in [2.45, 2.75) is 31.3 Å². The topological polar surface area (TPSA) is 89.3 Å². The summed E-state index contributed by atoms with van der Waals surface area (Å²) in [5.74, 6) is -0.854. The molecule has 0 bridgehead atoms. The van der Waals surface area contributed by atoms with Gasteiger partial charge in [-0.3, -0.25) is 4.79 Å². The minimum atomic E-state index is -0.854. The summed E-state index contributed by atoms with van der Waals surface area (Å²) in [4.78, 5) is 10.4. The first-order valence-corrected chi connectivity index (χ1v) is 6.58. The molecule has 110 valence electrons. The SMILES string of the molecule is C=C/C=C\C\C=C/C=C/C=C/C(N)C(N)CCC(=O)O. The van der Waals surface area contributed by atoms with E-state index in [1.807, 2.05) is 42.5 Å². The molecule has 0 aliphatic carbocycles. The highest BCUT2D eigenvalue weighted by Gasteiger charge is 2.11. The summed E-state index contributed by atoms with van der Waals surface area (Å²) in [6.07, 6.45) is 18.2. The molecule has 0 radical (unpaired) electrons. The number of nitrogens with two attached hydrogens (primary N) is 2. The summed E-state index contributed by atoms with van der Waals surface area (Å²) in [7, 11) is 0. The van der Waals surface area contributed by atoms with Gasteiger partial charge in [-0.05, 0) is 12.8 Å². The van der Waals surface area contributed by atoms with Gasteiger partial charge in [0.1, 0.15) is 0 Å². The number of aliphatic carboxylic acids is 1. The molecule has 4 nitrogen and oxygen atoms in total. The number of carboxylic acid groups (broad SMARTS) is 1. The van der Waals surface area contributed by atoms with E-state index in [0.29, 0.717) is 6.42 Å². The van der Waals surface area contributed by atoms with E-state index in [1.165, 1.54) is 0 Å². The minimum absolute atomic E-state index is 0.0412. The van der Waals surface area contributed by atoms with Crippen molar-refractivity contribution in [1.29, 1.82) is 0 Å². The molecular formula is C16H24N2O2. The molecule has 0 aliphatic heterocycles. The Bertz CT molecular complexity index is 395. The highest BCUT2D eigenvalue weighted by molar-refractivity contribution is 5.66. The van der Waals surface area contributed by atoms with Crippen molar-refractivity contribution in [3.05, 3.63) is 61.3 Å². The summed E-state index contributed by atoms with van der Waals surface area (Å²) in [5.41, 5.74) is 11.6. The summed E-state index contributed by atoms with van der Waals surface area (Å²) in [6, 6.07) is -0.672. The van der Waals surface area contributed by atoms with Crippen LogP contribution >= 0.6 is 0 Å². The Hall–Kier alpha value is -1.91. The maximum absolute atomic E-state index is 10.4. The van der Waals surface area contributed by atoms with Crippen LogP contribution in [-0.4, -0.2) is 23.2 Å². The Morgan fingerprint density at radius 2 is 1.75 bits per heavy atom. The molecule has 0 saturated carbocycles. The first-order chi connectivity index (χ1) is 9.57. The van der Waals surface area contributed by atoms with E-state index in [9.17, 15) is 4.79 Å². The Balaban J connectivity index is 3.94. The molecule has 0 heterocycles. The molecule has 0 fully saturated rings. The van der Waals surface area contributed by atoms with Gasteiger partial charge in [0.2, 0.25) is 0 Å². The van der Waals surface area contributed by atoms with Gasteiger partial charge in [-0.1, -0.05) is 61.3 Å². The maximum Gasteiger partial charge on any atom is 0.303 e. The van der Waals surface area contributed by atoms with Gasteiger partial charge in [0.15, 0.2) is 0 Å². The lowest BCUT2D eigenvalue weighted by Crippen LogP contribution is -2.40. The summed E-state index contributed by atoms with van der Waals surface area (Å²) >= 11 is 0. The van der Waals surface area contributed by atoms with Crippen molar-refractivity contribution in [1.82, 2.24) is 0 Å². The molecule has 0 spiro atoms. The van der Waals surface area contributed by atoms with Crippen molar-refractivity contribution < 1.29 is 9.90 Å². The van der Waals surface area contributed by atoms with Gasteiger partial charge in [0.25, 0.3) is 0 Å². The third-order valence-electron chi connectivity index (χ3n) is 2.53. The number of rotatable bonds is 10. The molecule has 4 heteroatoms. The van der Waals surface area contributed by atoms with Gasteiger partial charge < -0.3 is 16.6 Å². The standard InChI is InChI=1S/C16H24N2O2/c1-2-3-4-5-6-7-8-9-10-11-14(17)15(18)12-13-16(19)20/h2-4,6-11,14-15H,1,5,12-13,17-18H2,(H,19,20)/b4-3-,7-6-,9-8+,11-10+. The molecule has 0 aromatic carbocycles. The van der Waals surface area contributed by atoms with Crippen LogP contribution in [0.5, 0.6) is 0 Å². The van der Waals surface area contributed by atoms with E-state index < -0.39 is 5.97 Å². The van der Waals surface area contributed by atoms with Crippen LogP contribution in [0.15, 0.2) is 61.3 Å². The predicted molar refractivity (Wildman–Crippen MR) is 84.2 cm³/mol. The van der Waals surface area contributed by atoms with Crippen molar-refractivity contribution in [2.24, 2.45) is 11.5 Å². The van der Waals surface area contributed by atoms with Crippen LogP contribution in [0.1, 0.15) is 19.3 Å². The van der Waals surface area contributed by atoms with E-state index in [-0.39, 0.29) is 18.5 Å². The number of hydrogen-bond donors (Lipinski definition) is 3. The van der Waals surface area contributed by atoms with Gasteiger partial charge in [-0.15, -0.1) is 0 Å². The molecule has 5 N–H and O–H groups in total. The fraction of sp³-hybridized carbons (Fsp3) is 0.312. The van der Waals surface area contributed by atoms with Crippen LogP contribution in [-0.2, 0) is 4.79 Å². The average Bonchev–Trinajstić information content (AvgIpc) is 2.42. The van der Waals surface area contributed by atoms with E-state index in [4.69, 9.17) is 16.6 Å². The van der Waals surface area contributed by atoms with Gasteiger partial charge in [0.05, 0.1) is 0 Å². The van der Waals surface area contributed by atoms with Crippen LogP contribution in [0.4, 0.5) is 0 Å². The smallest absolute Gasteiger partial charge is 0.303 e. The highest BCUT2D eigenvalue weighted by Crippen LogP contribution is 2.00. The van der Waals surface area contributed by atoms with Crippen LogP contribution in [0.2, 0.25) is 0 Å². The van der Waals surface area contributed by atoms with Crippen molar-refractivity contribution in [3.8, 4) is 0 Å². The lowest BCUT2D eigenvalue weighted by atomic mass is 10.0. The van der Waals surface area contributed by atoms with Crippen molar-refractivity contribution >= 4 is 5.97 Å². The van der Waals surface area contributed by atoms with Gasteiger partial charge >= 0.3 is 5.97 Å². The van der Waals surface area contributed by atoms with Gasteiger partial charge in [0, 0.05) is 18.5 Å². The quantitative estimate of drug-likeness (QED) is 0.534. The van der Waals surface area contributed by atoms with Crippen molar-refractivity contribution in [3.63, 3.8) is 0 Å². The molecule has 0 aromatic heterocycles. The second kappa shape index (κ2) is 12.1. The Morgan fingerprint density at radius 3 is 2.40 bits per heavy atom. The number of allylic oxidation sites excluding steroid dienone is 8. The molecule has 0 saturated heterocycles. The lowest BCUT2D eigenvalue weighted by molar-refractivity contribution is -0.137. The summed E-state index contributed by atoms with van der Waals surface area (Å²) in [6.45, 7) is 3.58. The molecule has 0 aromatic rings. The molecule has 2 atom stereocenters. The second-order valence-electron chi connectivity index (χ2n) is 4.27. The van der Waals surface area contributed by atoms with Gasteiger partial charge in [-0.2, -0.15) is 0 Å². The first kappa shape index (κ1) is 18.1. The number of carbonyl (C=O) groups is 1. The van der Waals surface area contributed by atoms with E-state index >= 15 is 0 Å². The molecular weight excluding hydrogens is 252 g/mol. The second-order valence-corrected chi connectivity index (χ2v) is 4.27. The zero-order valence-corrected chi connectivity index (χ0v) is 11.7. The van der Waals surface area contributed by atoms with E-state index in [1.54, 1.807) is 12.2 Å². The third-order valence-corrected chi connectivity index (χ3v) is 2.53. The van der Waals surface area contributed by atoms with Gasteiger partial charge in [-0.25, -0.2) is 0 Å². The normalized spacial score (nSPS) is 15.5. The molecule has 20 heavy (non-hydrogen) atoms. The lowest BCUT2D eigenvalue weighted by Gasteiger charge is -2.14. The predicted octanol–water partition coefficient (Wildman–Crippen LogP) is 2.31. The van der Waals surface area contributed by atoms with Crippen LogP contribution in [0.25, 0.3) is 0 Å². The Labute approximate surface area is 120 Å². The first-order valence-electron chi connectivity index (χ1n) is 6.58. The molecule has 2 unspecified atom stereocenters. The number of carboxylic acids is 1. The largest absolute Gasteiger partial charge is 0.481 e. The summed E-state index contributed by atoms with van der Waals surface area (Å²) < 4.78 is 0. The minimum Gasteiger partial charge on any atom is -0.481 e. The monoisotopic (exact) mass is 276 g/mol. The molecule has 0 aliphatic rings. The highest BCUT2D eigenvalue weighted by atomic mass is 16.4. The zero-order valence-electron chi connectivity index (χ0n) is 11.7. The fourth-order valence-electron chi connectivity index (χ4n) is 1.36. The van der Waals surface area contributed by atoms with Crippen LogP contribution in [0.3, 0.4) is 0 Å². The fourth-order valence-corrected chi connectivity index (χ4v) is 1.36. The van der Waals surface area contributed by atoms with Crippen LogP contribution in [0, 0.1) is 0 Å². The average molecular weight is 276 g/mol. The summed E-state index contributed by atoms with van der Waals surface area (Å²) in [5, 5.41) is 8.55. The third kappa shape index (κ3) is 11.2. The van der Waals surface area contributed by atoms with Crippen LogP contribution < -0.4 is 11.5 Å². The number of hydrogen-bond acceptors (Lipinski definition) is 3. The molecule has 0 amide bonds. The van der Waals surface area contributed by atoms with E-state index in [0.717, 1.165) is 6.42 Å². The van der Waals surface area contributed by atoms with Crippen molar-refractivity contribution in [2.75, 3.05) is 0 Å². The molecule has 0 rings (SSSR count). The maximum atomic E-state index is 10.4.